The summed E-state index contributed by atoms with van der Waals surface area (Å²) in [6.45, 7) is 3.76. The van der Waals surface area contributed by atoms with E-state index in [1.165, 1.54) is 16.4 Å². The zero-order valence-corrected chi connectivity index (χ0v) is 21.8. The van der Waals surface area contributed by atoms with Crippen molar-refractivity contribution in [1.82, 2.24) is 15.1 Å². The number of benzene rings is 2. The number of aromatic nitrogens is 3. The second-order valence-corrected chi connectivity index (χ2v) is 9.84. The van der Waals surface area contributed by atoms with E-state index in [9.17, 15) is 14.8 Å². The molecular formula is C30H31N5O3. The number of aryl methyl sites for hydroxylation is 3. The van der Waals surface area contributed by atoms with E-state index in [0.29, 0.717) is 17.1 Å². The van der Waals surface area contributed by atoms with E-state index in [4.69, 9.17) is 0 Å². The Balaban J connectivity index is 1.42. The third-order valence-corrected chi connectivity index (χ3v) is 7.43. The lowest BCUT2D eigenvalue weighted by molar-refractivity contribution is -0.611. The number of anilines is 1. The Bertz CT molecular complexity index is 1490. The standard InChI is InChI=1S/C30H31N5O3/c1-19-16-18-35(38)20(2)27(19)22-11-13-23(14-12-22)32-30(37)28(33-29(36)26-15-17-31-34(26)3)25-10-6-8-21-7-4-5-9-24(21)25/h4-5,7,9,11-18,25,28H,6,8,10H2,1-3H3,(H,32,37)(H,33,36). The van der Waals surface area contributed by atoms with Crippen LogP contribution < -0.4 is 15.4 Å². The van der Waals surface area contributed by atoms with E-state index in [-0.39, 0.29) is 17.7 Å². The van der Waals surface area contributed by atoms with E-state index in [0.717, 1.165) is 46.2 Å². The van der Waals surface area contributed by atoms with Crippen LogP contribution in [0.4, 0.5) is 5.69 Å². The molecule has 2 N–H and O–H groups in total. The molecule has 0 saturated carbocycles. The molecule has 0 fully saturated rings. The van der Waals surface area contributed by atoms with Gasteiger partial charge in [0, 0.05) is 37.8 Å². The van der Waals surface area contributed by atoms with Gasteiger partial charge >= 0.3 is 0 Å². The molecule has 2 aromatic heterocycles. The fourth-order valence-electron chi connectivity index (χ4n) is 5.45. The number of fused-ring (bicyclic) bond motifs is 1. The lowest BCUT2D eigenvalue weighted by Crippen LogP contribution is -2.48. The van der Waals surface area contributed by atoms with E-state index in [1.54, 1.807) is 32.3 Å². The molecule has 0 bridgehead atoms. The number of nitrogens with zero attached hydrogens (tertiary/aromatic N) is 3. The van der Waals surface area contributed by atoms with Crippen molar-refractivity contribution < 1.29 is 14.3 Å². The number of hydrogen-bond acceptors (Lipinski definition) is 4. The molecule has 2 atom stereocenters. The van der Waals surface area contributed by atoms with Crippen LogP contribution in [0.15, 0.2) is 73.1 Å². The third kappa shape index (κ3) is 4.89. The van der Waals surface area contributed by atoms with Crippen LogP contribution in [0.3, 0.4) is 0 Å². The maximum absolute atomic E-state index is 13.7. The van der Waals surface area contributed by atoms with E-state index >= 15 is 0 Å². The highest BCUT2D eigenvalue weighted by atomic mass is 16.5. The van der Waals surface area contributed by atoms with Gasteiger partial charge in [-0.3, -0.25) is 14.3 Å². The minimum absolute atomic E-state index is 0.154. The lowest BCUT2D eigenvalue weighted by Gasteiger charge is -2.32. The van der Waals surface area contributed by atoms with Gasteiger partial charge in [0.1, 0.15) is 11.7 Å². The number of nitrogens with one attached hydrogen (secondary N) is 2. The largest absolute Gasteiger partial charge is 0.618 e. The zero-order chi connectivity index (χ0) is 26.8. The van der Waals surface area contributed by atoms with Crippen LogP contribution in [0.5, 0.6) is 0 Å². The second-order valence-electron chi connectivity index (χ2n) is 9.84. The average Bonchev–Trinajstić information content (AvgIpc) is 3.36. The van der Waals surface area contributed by atoms with Crippen molar-refractivity contribution in [2.45, 2.75) is 45.1 Å². The number of hydrogen-bond donors (Lipinski definition) is 2. The first-order valence-corrected chi connectivity index (χ1v) is 12.8. The van der Waals surface area contributed by atoms with Gasteiger partial charge in [0.25, 0.3) is 5.91 Å². The van der Waals surface area contributed by atoms with Crippen LogP contribution in [-0.4, -0.2) is 27.6 Å². The molecule has 0 spiro atoms. The summed E-state index contributed by atoms with van der Waals surface area (Å²) in [5.74, 6) is -0.775. The summed E-state index contributed by atoms with van der Waals surface area (Å²) in [6, 6.07) is 18.2. The monoisotopic (exact) mass is 509 g/mol. The van der Waals surface area contributed by atoms with E-state index in [1.807, 2.05) is 43.3 Å². The topological polar surface area (TPSA) is 103 Å². The molecular weight excluding hydrogens is 478 g/mol. The predicted octanol–water partition coefficient (Wildman–Crippen LogP) is 4.19. The molecule has 2 heterocycles. The Morgan fingerprint density at radius 2 is 1.84 bits per heavy atom. The van der Waals surface area contributed by atoms with Crippen molar-refractivity contribution in [2.75, 3.05) is 5.32 Å². The highest BCUT2D eigenvalue weighted by Gasteiger charge is 2.34. The van der Waals surface area contributed by atoms with Crippen LogP contribution in [0.25, 0.3) is 11.1 Å². The maximum atomic E-state index is 13.7. The fraction of sp³-hybridized carbons (Fsp3) is 0.267. The zero-order valence-electron chi connectivity index (χ0n) is 21.8. The molecule has 194 valence electrons. The first-order chi connectivity index (χ1) is 18.3. The number of pyridine rings is 1. The maximum Gasteiger partial charge on any atom is 0.270 e. The van der Waals surface area contributed by atoms with Gasteiger partial charge in [0.2, 0.25) is 5.91 Å². The molecule has 0 aliphatic heterocycles. The Morgan fingerprint density at radius 3 is 2.58 bits per heavy atom. The van der Waals surface area contributed by atoms with Gasteiger partial charge in [-0.25, -0.2) is 0 Å². The first-order valence-electron chi connectivity index (χ1n) is 12.8. The highest BCUT2D eigenvalue weighted by Crippen LogP contribution is 2.35. The molecule has 2 unspecified atom stereocenters. The molecule has 5 rings (SSSR count). The Kier molecular flexibility index (Phi) is 6.96. The highest BCUT2D eigenvalue weighted by molar-refractivity contribution is 6.01. The van der Waals surface area contributed by atoms with Crippen LogP contribution in [-0.2, 0) is 18.3 Å². The molecule has 4 aromatic rings. The van der Waals surface area contributed by atoms with Gasteiger partial charge < -0.3 is 15.8 Å². The SMILES string of the molecule is Cc1cc[n+]([O-])c(C)c1-c1ccc(NC(=O)C(NC(=O)c2ccnn2C)C2CCCc3ccccc32)cc1. The van der Waals surface area contributed by atoms with E-state index < -0.39 is 6.04 Å². The minimum atomic E-state index is -0.767. The molecule has 8 heteroatoms. The smallest absolute Gasteiger partial charge is 0.270 e. The molecule has 38 heavy (non-hydrogen) atoms. The summed E-state index contributed by atoms with van der Waals surface area (Å²) >= 11 is 0. The molecule has 0 radical (unpaired) electrons. The van der Waals surface area contributed by atoms with Crippen molar-refractivity contribution >= 4 is 17.5 Å². The Labute approximate surface area is 221 Å². The summed E-state index contributed by atoms with van der Waals surface area (Å²) in [4.78, 5) is 26.9. The fourth-order valence-corrected chi connectivity index (χ4v) is 5.45. The van der Waals surface area contributed by atoms with Crippen LogP contribution in [0, 0.1) is 19.1 Å². The molecule has 8 nitrogen and oxygen atoms in total. The van der Waals surface area contributed by atoms with Crippen molar-refractivity contribution in [3.63, 3.8) is 0 Å². The van der Waals surface area contributed by atoms with Gasteiger partial charge in [0.15, 0.2) is 11.9 Å². The minimum Gasteiger partial charge on any atom is -0.618 e. The summed E-state index contributed by atoms with van der Waals surface area (Å²) in [6.07, 6.45) is 5.76. The summed E-state index contributed by atoms with van der Waals surface area (Å²) in [5.41, 5.74) is 6.71. The summed E-state index contributed by atoms with van der Waals surface area (Å²) < 4.78 is 2.35. The van der Waals surface area contributed by atoms with Crippen LogP contribution in [0.1, 0.15) is 51.6 Å². The van der Waals surface area contributed by atoms with Gasteiger partial charge in [-0.2, -0.15) is 9.83 Å². The quantitative estimate of drug-likeness (QED) is 0.300. The third-order valence-electron chi connectivity index (χ3n) is 7.43. The number of carbonyl (C=O) groups is 2. The summed E-state index contributed by atoms with van der Waals surface area (Å²) in [7, 11) is 1.70. The summed E-state index contributed by atoms with van der Waals surface area (Å²) in [5, 5.41) is 22.2. The predicted molar refractivity (Wildman–Crippen MR) is 146 cm³/mol. The Hall–Kier alpha value is -4.46. The molecule has 1 aliphatic carbocycles. The Morgan fingerprint density at radius 1 is 1.08 bits per heavy atom. The van der Waals surface area contributed by atoms with Crippen LogP contribution >= 0.6 is 0 Å². The number of amides is 2. The molecule has 2 aromatic carbocycles. The van der Waals surface area contributed by atoms with E-state index in [2.05, 4.69) is 27.9 Å². The molecule has 0 saturated heterocycles. The lowest BCUT2D eigenvalue weighted by atomic mass is 9.78. The van der Waals surface area contributed by atoms with Gasteiger partial charge in [0.05, 0.1) is 5.56 Å². The van der Waals surface area contributed by atoms with Gasteiger partial charge in [-0.05, 0) is 66.6 Å². The average molecular weight is 510 g/mol. The number of carbonyl (C=O) groups excluding carboxylic acids is 2. The van der Waals surface area contributed by atoms with Crippen molar-refractivity contribution in [1.29, 1.82) is 0 Å². The van der Waals surface area contributed by atoms with Gasteiger partial charge in [-0.15, -0.1) is 0 Å². The number of rotatable bonds is 6. The normalized spacial score (nSPS) is 15.4. The first kappa shape index (κ1) is 25.2. The molecule has 1 aliphatic rings. The van der Waals surface area contributed by atoms with Crippen molar-refractivity contribution in [2.24, 2.45) is 7.05 Å². The second kappa shape index (κ2) is 10.5. The van der Waals surface area contributed by atoms with Crippen molar-refractivity contribution in [3.05, 3.63) is 106 Å². The van der Waals surface area contributed by atoms with Crippen molar-refractivity contribution in [3.8, 4) is 11.1 Å². The van der Waals surface area contributed by atoms with Gasteiger partial charge in [-0.1, -0.05) is 36.4 Å². The molecule has 2 amide bonds. The van der Waals surface area contributed by atoms with Crippen LogP contribution in [0.2, 0.25) is 0 Å².